The highest BCUT2D eigenvalue weighted by Gasteiger charge is 2.44. The van der Waals surface area contributed by atoms with Crippen molar-refractivity contribution in [3.05, 3.63) is 71.3 Å². The van der Waals surface area contributed by atoms with Crippen LogP contribution >= 0.6 is 0 Å². The van der Waals surface area contributed by atoms with E-state index in [1.54, 1.807) is 6.07 Å². The van der Waals surface area contributed by atoms with Crippen molar-refractivity contribution >= 4 is 0 Å². The van der Waals surface area contributed by atoms with Crippen LogP contribution in [0.25, 0.3) is 0 Å². The Morgan fingerprint density at radius 1 is 0.971 bits per heavy atom. The molecular formula is C29H39F3N2. The van der Waals surface area contributed by atoms with Crippen molar-refractivity contribution in [1.29, 1.82) is 5.26 Å². The lowest BCUT2D eigenvalue weighted by Gasteiger charge is -2.29. The van der Waals surface area contributed by atoms with Crippen molar-refractivity contribution < 1.29 is 13.2 Å². The maximum atomic E-state index is 13.0. The molecule has 0 bridgehead atoms. The zero-order chi connectivity index (χ0) is 25.0. The third-order valence-electron chi connectivity index (χ3n) is 6.86. The van der Waals surface area contributed by atoms with Gasteiger partial charge in [0.2, 0.25) is 0 Å². The number of nitriles is 1. The van der Waals surface area contributed by atoms with Crippen molar-refractivity contribution in [2.45, 2.75) is 83.9 Å². The Labute approximate surface area is 203 Å². The minimum absolute atomic E-state index is 0.0534. The number of nitrogens with zero attached hydrogens (tertiary/aromatic N) is 2. The normalized spacial score (nSPS) is 18.8. The highest BCUT2D eigenvalue weighted by molar-refractivity contribution is 5.26. The Hall–Kier alpha value is -2.32. The molecule has 1 aliphatic carbocycles. The van der Waals surface area contributed by atoms with Gasteiger partial charge in [0, 0.05) is 19.5 Å². The lowest BCUT2D eigenvalue weighted by molar-refractivity contribution is -0.172. The monoisotopic (exact) mass is 472 g/mol. The number of halogens is 3. The summed E-state index contributed by atoms with van der Waals surface area (Å²) in [6.07, 6.45) is 1.42. The van der Waals surface area contributed by atoms with Crippen LogP contribution in [0.2, 0.25) is 0 Å². The summed E-state index contributed by atoms with van der Waals surface area (Å²) in [7, 11) is 0. The molecule has 2 aromatic carbocycles. The molecule has 5 heteroatoms. The number of hydrogen-bond acceptors (Lipinski definition) is 2. The Balaban J connectivity index is 0.00000129. The molecule has 1 fully saturated rings. The van der Waals surface area contributed by atoms with Crippen LogP contribution in [0.15, 0.2) is 54.6 Å². The number of benzene rings is 2. The minimum atomic E-state index is -4.05. The van der Waals surface area contributed by atoms with Crippen LogP contribution in [0.1, 0.15) is 75.5 Å². The van der Waals surface area contributed by atoms with Crippen LogP contribution in [-0.4, -0.2) is 30.2 Å². The number of hydrogen-bond donors (Lipinski definition) is 0. The van der Waals surface area contributed by atoms with E-state index in [-0.39, 0.29) is 18.8 Å². The molecule has 3 atom stereocenters. The lowest BCUT2D eigenvalue weighted by atomic mass is 9.94. The third kappa shape index (κ3) is 9.14. The number of aryl methyl sites for hydroxylation is 1. The number of rotatable bonds is 10. The Morgan fingerprint density at radius 3 is 2.15 bits per heavy atom. The lowest BCUT2D eigenvalue weighted by Crippen LogP contribution is -2.35. The van der Waals surface area contributed by atoms with Gasteiger partial charge in [0.15, 0.2) is 0 Å². The Kier molecular flexibility index (Phi) is 11.6. The van der Waals surface area contributed by atoms with Crippen molar-refractivity contribution in [3.8, 4) is 6.07 Å². The molecule has 0 amide bonds. The van der Waals surface area contributed by atoms with Crippen LogP contribution < -0.4 is 0 Å². The van der Waals surface area contributed by atoms with E-state index in [0.29, 0.717) is 12.5 Å². The van der Waals surface area contributed by atoms with Gasteiger partial charge in [-0.1, -0.05) is 61.5 Å². The predicted molar refractivity (Wildman–Crippen MR) is 134 cm³/mol. The van der Waals surface area contributed by atoms with Gasteiger partial charge in [0.25, 0.3) is 0 Å². The average Bonchev–Trinajstić information content (AvgIpc) is 3.33. The second kappa shape index (κ2) is 14.2. The van der Waals surface area contributed by atoms with Gasteiger partial charge in [-0.05, 0) is 81.0 Å². The topological polar surface area (TPSA) is 27.0 Å². The summed E-state index contributed by atoms with van der Waals surface area (Å²) < 4.78 is 38.9. The van der Waals surface area contributed by atoms with E-state index < -0.39 is 12.1 Å². The summed E-state index contributed by atoms with van der Waals surface area (Å²) in [4.78, 5) is 2.58. The second-order valence-electron chi connectivity index (χ2n) is 9.37. The van der Waals surface area contributed by atoms with Crippen LogP contribution in [0, 0.1) is 17.2 Å². The second-order valence-corrected chi connectivity index (χ2v) is 9.37. The molecule has 186 valence electrons. The van der Waals surface area contributed by atoms with Gasteiger partial charge in [0.1, 0.15) is 0 Å². The van der Waals surface area contributed by atoms with Crippen molar-refractivity contribution in [1.82, 2.24) is 4.90 Å². The molecule has 34 heavy (non-hydrogen) atoms. The quantitative estimate of drug-likeness (QED) is 0.351. The maximum absolute atomic E-state index is 13.0. The molecule has 1 aliphatic rings. The zero-order valence-electron chi connectivity index (χ0n) is 20.8. The molecule has 0 aromatic heterocycles. The molecule has 0 heterocycles. The highest BCUT2D eigenvalue weighted by atomic mass is 19.4. The molecule has 3 unspecified atom stereocenters. The SMILES string of the molecule is CC#N.CCCN(CCc1ccccc1)C(C)CCc1ccc(C2CCC(C(F)(F)F)C2)cc1. The molecule has 2 nitrogen and oxygen atoms in total. The molecule has 2 aromatic rings. The maximum Gasteiger partial charge on any atom is 0.391 e. The fourth-order valence-corrected chi connectivity index (χ4v) is 4.85. The van der Waals surface area contributed by atoms with Crippen LogP contribution in [0.3, 0.4) is 0 Å². The number of alkyl halides is 3. The van der Waals surface area contributed by atoms with Crippen LogP contribution in [0.4, 0.5) is 13.2 Å². The van der Waals surface area contributed by atoms with Gasteiger partial charge in [-0.15, -0.1) is 0 Å². The van der Waals surface area contributed by atoms with Gasteiger partial charge in [-0.25, -0.2) is 0 Å². The predicted octanol–water partition coefficient (Wildman–Crippen LogP) is 7.94. The zero-order valence-corrected chi connectivity index (χ0v) is 20.8. The fourth-order valence-electron chi connectivity index (χ4n) is 4.85. The fraction of sp³-hybridized carbons (Fsp3) is 0.552. The van der Waals surface area contributed by atoms with Gasteiger partial charge < -0.3 is 4.90 Å². The molecule has 0 spiro atoms. The van der Waals surface area contributed by atoms with Crippen molar-refractivity contribution in [2.24, 2.45) is 5.92 Å². The summed E-state index contributed by atoms with van der Waals surface area (Å²) in [6, 6.07) is 21.3. The van der Waals surface area contributed by atoms with Crippen molar-refractivity contribution in [3.63, 3.8) is 0 Å². The Bertz CT molecular complexity index is 856. The summed E-state index contributed by atoms with van der Waals surface area (Å²) in [5.74, 6) is -1.07. The average molecular weight is 473 g/mol. The third-order valence-corrected chi connectivity index (χ3v) is 6.86. The van der Waals surface area contributed by atoms with Crippen LogP contribution in [0.5, 0.6) is 0 Å². The van der Waals surface area contributed by atoms with Gasteiger partial charge in [-0.3, -0.25) is 0 Å². The van der Waals surface area contributed by atoms with Gasteiger partial charge >= 0.3 is 6.18 Å². The van der Waals surface area contributed by atoms with Crippen molar-refractivity contribution in [2.75, 3.05) is 13.1 Å². The Morgan fingerprint density at radius 2 is 1.59 bits per heavy atom. The minimum Gasteiger partial charge on any atom is -0.300 e. The highest BCUT2D eigenvalue weighted by Crippen LogP contribution is 2.45. The molecule has 0 saturated heterocycles. The van der Waals surface area contributed by atoms with Crippen LogP contribution in [-0.2, 0) is 12.8 Å². The van der Waals surface area contributed by atoms with E-state index in [2.05, 4.69) is 73.3 Å². The summed E-state index contributed by atoms with van der Waals surface area (Å²) in [6.45, 7) is 8.15. The van der Waals surface area contributed by atoms with E-state index in [1.165, 1.54) is 18.1 Å². The summed E-state index contributed by atoms with van der Waals surface area (Å²) in [5.41, 5.74) is 3.73. The van der Waals surface area contributed by atoms with E-state index in [4.69, 9.17) is 5.26 Å². The van der Waals surface area contributed by atoms with Gasteiger partial charge in [0.05, 0.1) is 12.0 Å². The first-order chi connectivity index (χ1) is 16.3. The molecular weight excluding hydrogens is 433 g/mol. The molecule has 0 N–H and O–H groups in total. The molecule has 3 rings (SSSR count). The van der Waals surface area contributed by atoms with Gasteiger partial charge in [-0.2, -0.15) is 18.4 Å². The summed E-state index contributed by atoms with van der Waals surface area (Å²) in [5, 5.41) is 7.32. The standard InChI is InChI=1S/C27H36F3N.C2H3N/c1-3-18-31(19-17-22-7-5-4-6-8-22)21(2)9-10-23-11-13-24(14-12-23)25-15-16-26(20-25)27(28,29)30;1-2-3/h4-8,11-14,21,25-26H,3,9-10,15-20H2,1-2H3;1H3. The first-order valence-corrected chi connectivity index (χ1v) is 12.5. The molecule has 0 aliphatic heterocycles. The van der Waals surface area contributed by atoms with E-state index in [0.717, 1.165) is 44.3 Å². The smallest absolute Gasteiger partial charge is 0.300 e. The molecule has 0 radical (unpaired) electrons. The molecule has 1 saturated carbocycles. The summed E-state index contributed by atoms with van der Waals surface area (Å²) >= 11 is 0. The first-order valence-electron chi connectivity index (χ1n) is 12.5. The first kappa shape index (κ1) is 27.9. The largest absolute Gasteiger partial charge is 0.391 e. The van der Waals surface area contributed by atoms with E-state index in [1.807, 2.05) is 0 Å². The van der Waals surface area contributed by atoms with E-state index in [9.17, 15) is 13.2 Å². The van der Waals surface area contributed by atoms with E-state index >= 15 is 0 Å².